The molecule has 0 aliphatic rings. The second-order valence-corrected chi connectivity index (χ2v) is 4.44. The van der Waals surface area contributed by atoms with E-state index in [1.165, 1.54) is 6.20 Å². The van der Waals surface area contributed by atoms with Crippen molar-refractivity contribution >= 4 is 11.7 Å². The lowest BCUT2D eigenvalue weighted by molar-refractivity contribution is 0.0627. The van der Waals surface area contributed by atoms with Crippen LogP contribution in [-0.4, -0.2) is 54.1 Å². The van der Waals surface area contributed by atoms with Crippen molar-refractivity contribution in [2.45, 2.75) is 26.3 Å². The summed E-state index contributed by atoms with van der Waals surface area (Å²) >= 11 is 0. The van der Waals surface area contributed by atoms with Crippen LogP contribution in [0.5, 0.6) is 0 Å². The van der Waals surface area contributed by atoms with Crippen molar-refractivity contribution in [3.63, 3.8) is 0 Å². The molecule has 6 heteroatoms. The molecule has 6 nitrogen and oxygen atoms in total. The van der Waals surface area contributed by atoms with E-state index in [-0.39, 0.29) is 11.9 Å². The van der Waals surface area contributed by atoms with E-state index in [1.807, 2.05) is 6.92 Å². The molecule has 0 radical (unpaired) electrons. The fourth-order valence-corrected chi connectivity index (χ4v) is 1.54. The number of nitrogens with one attached hydrogen (secondary N) is 1. The molecule has 1 heterocycles. The Bertz CT molecular complexity index is 411. The van der Waals surface area contributed by atoms with Crippen LogP contribution in [0.4, 0.5) is 5.82 Å². The van der Waals surface area contributed by atoms with Gasteiger partial charge in [0.2, 0.25) is 0 Å². The first-order chi connectivity index (χ1) is 9.10. The zero-order valence-corrected chi connectivity index (χ0v) is 12.0. The van der Waals surface area contributed by atoms with Crippen LogP contribution in [-0.2, 0) is 4.74 Å². The molecular weight excluding hydrogens is 244 g/mol. The van der Waals surface area contributed by atoms with Crippen LogP contribution in [0.25, 0.3) is 0 Å². The maximum Gasteiger partial charge on any atom is 0.274 e. The van der Waals surface area contributed by atoms with Crippen LogP contribution in [0, 0.1) is 0 Å². The van der Waals surface area contributed by atoms with Crippen molar-refractivity contribution in [3.8, 4) is 0 Å². The van der Waals surface area contributed by atoms with Crippen molar-refractivity contribution in [3.05, 3.63) is 18.1 Å². The Balaban J connectivity index is 2.75. The molecule has 0 fully saturated rings. The molecule has 1 atom stereocenters. The molecule has 0 saturated carbocycles. The highest BCUT2D eigenvalue weighted by molar-refractivity contribution is 5.92. The first kappa shape index (κ1) is 15.4. The molecule has 0 aromatic carbocycles. The number of hydrogen-bond donors (Lipinski definition) is 1. The third kappa shape index (κ3) is 4.48. The lowest BCUT2D eigenvalue weighted by Crippen LogP contribution is -2.38. The van der Waals surface area contributed by atoms with Crippen molar-refractivity contribution < 1.29 is 9.53 Å². The van der Waals surface area contributed by atoms with E-state index in [9.17, 15) is 4.79 Å². The first-order valence-electron chi connectivity index (χ1n) is 6.42. The van der Waals surface area contributed by atoms with Crippen LogP contribution in [0.2, 0.25) is 0 Å². The van der Waals surface area contributed by atoms with Gasteiger partial charge in [-0.05, 0) is 13.3 Å². The molecule has 1 aromatic heterocycles. The van der Waals surface area contributed by atoms with Gasteiger partial charge in [0.25, 0.3) is 5.91 Å². The van der Waals surface area contributed by atoms with Crippen molar-refractivity contribution in [1.82, 2.24) is 14.9 Å². The van der Waals surface area contributed by atoms with Crippen LogP contribution < -0.4 is 5.32 Å². The maximum absolute atomic E-state index is 12.2. The van der Waals surface area contributed by atoms with Crippen molar-refractivity contribution in [2.24, 2.45) is 0 Å². The molecule has 1 amide bonds. The quantitative estimate of drug-likeness (QED) is 0.808. The number of aromatic nitrogens is 2. The van der Waals surface area contributed by atoms with Crippen LogP contribution in [0.1, 0.15) is 30.8 Å². The lowest BCUT2D eigenvalue weighted by Gasteiger charge is -2.23. The van der Waals surface area contributed by atoms with E-state index in [4.69, 9.17) is 4.74 Å². The fraction of sp³-hybridized carbons (Fsp3) is 0.615. The summed E-state index contributed by atoms with van der Waals surface area (Å²) in [5.41, 5.74) is 0.339. The molecule has 1 N–H and O–H groups in total. The van der Waals surface area contributed by atoms with E-state index in [2.05, 4.69) is 22.2 Å². The highest BCUT2D eigenvalue weighted by atomic mass is 16.5. The SMILES string of the molecule is CCCNc1cncc(C(=O)N(C)C(C)COC)n1. The minimum absolute atomic E-state index is 0.00782. The number of amides is 1. The van der Waals surface area contributed by atoms with Gasteiger partial charge in [0, 0.05) is 20.7 Å². The van der Waals surface area contributed by atoms with E-state index in [0.717, 1.165) is 13.0 Å². The standard InChI is InChI=1S/C13H22N4O2/c1-5-6-15-12-8-14-7-11(16-12)13(18)17(3)10(2)9-19-4/h7-8,10H,5-6,9H2,1-4H3,(H,15,16). The summed E-state index contributed by atoms with van der Waals surface area (Å²) in [7, 11) is 3.35. The summed E-state index contributed by atoms with van der Waals surface area (Å²) < 4.78 is 5.05. The number of carbonyl (C=O) groups is 1. The molecule has 0 aliphatic heterocycles. The van der Waals surface area contributed by atoms with Crippen LogP contribution >= 0.6 is 0 Å². The molecule has 0 spiro atoms. The monoisotopic (exact) mass is 266 g/mol. The number of nitrogens with zero attached hydrogens (tertiary/aromatic N) is 3. The van der Waals surface area contributed by atoms with Gasteiger partial charge < -0.3 is 15.0 Å². The molecule has 1 aromatic rings. The molecule has 19 heavy (non-hydrogen) atoms. The minimum atomic E-state index is -0.155. The van der Waals surface area contributed by atoms with E-state index in [1.54, 1.807) is 25.3 Å². The van der Waals surface area contributed by atoms with Gasteiger partial charge in [0.15, 0.2) is 0 Å². The summed E-state index contributed by atoms with van der Waals surface area (Å²) in [6.45, 7) is 5.29. The van der Waals surface area contributed by atoms with Gasteiger partial charge in [-0.25, -0.2) is 4.98 Å². The van der Waals surface area contributed by atoms with Crippen LogP contribution in [0.15, 0.2) is 12.4 Å². The van der Waals surface area contributed by atoms with Gasteiger partial charge in [0.05, 0.1) is 25.0 Å². The van der Waals surface area contributed by atoms with Gasteiger partial charge in [-0.3, -0.25) is 9.78 Å². The lowest BCUT2D eigenvalue weighted by atomic mass is 10.3. The second kappa shape index (κ2) is 7.68. The number of carbonyl (C=O) groups excluding carboxylic acids is 1. The van der Waals surface area contributed by atoms with Gasteiger partial charge in [-0.2, -0.15) is 0 Å². The molecule has 0 saturated heterocycles. The highest BCUT2D eigenvalue weighted by Crippen LogP contribution is 2.07. The normalized spacial score (nSPS) is 12.0. The molecule has 1 unspecified atom stereocenters. The van der Waals surface area contributed by atoms with Crippen LogP contribution in [0.3, 0.4) is 0 Å². The Morgan fingerprint density at radius 2 is 2.26 bits per heavy atom. The minimum Gasteiger partial charge on any atom is -0.383 e. The van der Waals surface area contributed by atoms with E-state index in [0.29, 0.717) is 18.1 Å². The highest BCUT2D eigenvalue weighted by Gasteiger charge is 2.19. The van der Waals surface area contributed by atoms with Crippen molar-refractivity contribution in [1.29, 1.82) is 0 Å². The Hall–Kier alpha value is -1.69. The number of methoxy groups -OCH3 is 1. The van der Waals surface area contributed by atoms with Gasteiger partial charge in [-0.1, -0.05) is 6.92 Å². The van der Waals surface area contributed by atoms with Crippen molar-refractivity contribution in [2.75, 3.05) is 32.6 Å². The Labute approximate surface area is 114 Å². The summed E-state index contributed by atoms with van der Waals surface area (Å²) in [6, 6.07) is -0.00782. The zero-order valence-electron chi connectivity index (χ0n) is 12.0. The molecule has 106 valence electrons. The van der Waals surface area contributed by atoms with E-state index < -0.39 is 0 Å². The number of ether oxygens (including phenoxy) is 1. The Morgan fingerprint density at radius 3 is 2.89 bits per heavy atom. The number of anilines is 1. The largest absolute Gasteiger partial charge is 0.383 e. The average molecular weight is 266 g/mol. The summed E-state index contributed by atoms with van der Waals surface area (Å²) in [5, 5.41) is 3.11. The molecular formula is C13H22N4O2. The van der Waals surface area contributed by atoms with E-state index >= 15 is 0 Å². The summed E-state index contributed by atoms with van der Waals surface area (Å²) in [4.78, 5) is 22.1. The topological polar surface area (TPSA) is 67.4 Å². The second-order valence-electron chi connectivity index (χ2n) is 4.44. The Morgan fingerprint density at radius 1 is 1.53 bits per heavy atom. The number of hydrogen-bond acceptors (Lipinski definition) is 5. The number of likely N-dealkylation sites (N-methyl/N-ethyl adjacent to an activating group) is 1. The predicted molar refractivity (Wildman–Crippen MR) is 74.2 cm³/mol. The summed E-state index contributed by atoms with van der Waals surface area (Å²) in [6.07, 6.45) is 4.09. The maximum atomic E-state index is 12.2. The number of rotatable bonds is 7. The predicted octanol–water partition coefficient (Wildman–Crippen LogP) is 1.41. The third-order valence-corrected chi connectivity index (χ3v) is 2.80. The smallest absolute Gasteiger partial charge is 0.274 e. The molecule has 1 rings (SSSR count). The summed E-state index contributed by atoms with van der Waals surface area (Å²) in [5.74, 6) is 0.470. The zero-order chi connectivity index (χ0) is 14.3. The van der Waals surface area contributed by atoms with Gasteiger partial charge >= 0.3 is 0 Å². The Kier molecular flexibility index (Phi) is 6.21. The molecule has 0 aliphatic carbocycles. The molecule has 0 bridgehead atoms. The van der Waals surface area contributed by atoms with Gasteiger partial charge in [0.1, 0.15) is 11.5 Å². The average Bonchev–Trinajstić information content (AvgIpc) is 2.44. The first-order valence-corrected chi connectivity index (χ1v) is 6.42. The fourth-order valence-electron chi connectivity index (χ4n) is 1.54. The van der Waals surface area contributed by atoms with Gasteiger partial charge in [-0.15, -0.1) is 0 Å². The third-order valence-electron chi connectivity index (χ3n) is 2.80.